The second-order valence-corrected chi connectivity index (χ2v) is 6.11. The summed E-state index contributed by atoms with van der Waals surface area (Å²) in [6.45, 7) is 3.87. The number of aromatic nitrogens is 1. The standard InChI is InChI=1S/C16H18N2OS/c1-2-18(11-12-7-4-3-5-8-12)16-17-15-13(19)9-6-10-14(15)20-16/h3-5,7-8H,2,6,9-11H2,1H3. The summed E-state index contributed by atoms with van der Waals surface area (Å²) in [6, 6.07) is 10.4. The molecule has 0 atom stereocenters. The number of fused-ring (bicyclic) bond motifs is 1. The number of Topliss-reactive ketones (excluding diaryl/α,β-unsaturated/α-hetero) is 1. The maximum absolute atomic E-state index is 11.9. The van der Waals surface area contributed by atoms with Gasteiger partial charge in [0.05, 0.1) is 0 Å². The van der Waals surface area contributed by atoms with Crippen LogP contribution in [-0.2, 0) is 13.0 Å². The van der Waals surface area contributed by atoms with E-state index in [9.17, 15) is 4.79 Å². The van der Waals surface area contributed by atoms with Crippen LogP contribution in [0.15, 0.2) is 30.3 Å². The van der Waals surface area contributed by atoms with Crippen molar-refractivity contribution < 1.29 is 4.79 Å². The number of aryl methyl sites for hydroxylation is 1. The van der Waals surface area contributed by atoms with E-state index in [-0.39, 0.29) is 5.78 Å². The van der Waals surface area contributed by atoms with E-state index in [1.807, 2.05) is 6.07 Å². The Hall–Kier alpha value is -1.68. The number of carbonyl (C=O) groups is 1. The highest BCUT2D eigenvalue weighted by atomic mass is 32.1. The van der Waals surface area contributed by atoms with Crippen LogP contribution in [0.4, 0.5) is 5.13 Å². The van der Waals surface area contributed by atoms with Gasteiger partial charge in [0.25, 0.3) is 0 Å². The van der Waals surface area contributed by atoms with Gasteiger partial charge in [-0.3, -0.25) is 4.79 Å². The lowest BCUT2D eigenvalue weighted by atomic mass is 10.0. The molecule has 1 aliphatic carbocycles. The number of benzene rings is 1. The maximum Gasteiger partial charge on any atom is 0.186 e. The van der Waals surface area contributed by atoms with Crippen molar-refractivity contribution in [2.45, 2.75) is 32.7 Å². The Bertz CT molecular complexity index is 606. The molecule has 1 aromatic heterocycles. The molecule has 0 radical (unpaired) electrons. The van der Waals surface area contributed by atoms with Crippen molar-refractivity contribution in [2.24, 2.45) is 0 Å². The van der Waals surface area contributed by atoms with Gasteiger partial charge < -0.3 is 4.90 Å². The molecule has 20 heavy (non-hydrogen) atoms. The molecule has 0 N–H and O–H groups in total. The molecule has 1 aromatic carbocycles. The number of thiazole rings is 1. The lowest BCUT2D eigenvalue weighted by molar-refractivity contribution is 0.0968. The van der Waals surface area contributed by atoms with Crippen LogP contribution in [0.2, 0.25) is 0 Å². The van der Waals surface area contributed by atoms with E-state index in [1.54, 1.807) is 11.3 Å². The number of ketones is 1. The molecule has 0 bridgehead atoms. The lowest BCUT2D eigenvalue weighted by Gasteiger charge is -2.19. The molecule has 4 heteroatoms. The van der Waals surface area contributed by atoms with E-state index in [4.69, 9.17) is 0 Å². The van der Waals surface area contributed by atoms with Gasteiger partial charge in [-0.2, -0.15) is 0 Å². The molecule has 0 unspecified atom stereocenters. The zero-order valence-corrected chi connectivity index (χ0v) is 12.4. The highest BCUT2D eigenvalue weighted by Crippen LogP contribution is 2.32. The van der Waals surface area contributed by atoms with Gasteiger partial charge in [0, 0.05) is 24.4 Å². The number of rotatable bonds is 4. The van der Waals surface area contributed by atoms with Crippen molar-refractivity contribution in [2.75, 3.05) is 11.4 Å². The molecular formula is C16H18N2OS. The Kier molecular flexibility index (Phi) is 3.83. The zero-order valence-electron chi connectivity index (χ0n) is 11.6. The fraction of sp³-hybridized carbons (Fsp3) is 0.375. The molecule has 3 rings (SSSR count). The normalized spacial score (nSPS) is 14.2. The summed E-state index contributed by atoms with van der Waals surface area (Å²) in [5.41, 5.74) is 2.00. The van der Waals surface area contributed by atoms with Gasteiger partial charge in [-0.15, -0.1) is 11.3 Å². The van der Waals surface area contributed by atoms with E-state index >= 15 is 0 Å². The van der Waals surface area contributed by atoms with Crippen LogP contribution in [0.1, 0.15) is 40.7 Å². The first kappa shape index (κ1) is 13.3. The molecule has 0 saturated heterocycles. The molecule has 0 spiro atoms. The smallest absolute Gasteiger partial charge is 0.186 e. The van der Waals surface area contributed by atoms with Crippen molar-refractivity contribution in [3.05, 3.63) is 46.5 Å². The van der Waals surface area contributed by atoms with Gasteiger partial charge in [0.15, 0.2) is 10.9 Å². The number of hydrogen-bond donors (Lipinski definition) is 0. The van der Waals surface area contributed by atoms with Crippen LogP contribution in [-0.4, -0.2) is 17.3 Å². The van der Waals surface area contributed by atoms with Crippen LogP contribution in [0, 0.1) is 0 Å². The fourth-order valence-electron chi connectivity index (χ4n) is 2.51. The van der Waals surface area contributed by atoms with E-state index in [0.717, 1.165) is 36.8 Å². The molecule has 2 aromatic rings. The highest BCUT2D eigenvalue weighted by Gasteiger charge is 2.23. The minimum absolute atomic E-state index is 0.213. The summed E-state index contributed by atoms with van der Waals surface area (Å²) in [5.74, 6) is 0.213. The van der Waals surface area contributed by atoms with Crippen LogP contribution >= 0.6 is 11.3 Å². The second kappa shape index (κ2) is 5.75. The SMILES string of the molecule is CCN(Cc1ccccc1)c1nc2c(s1)CCCC2=O. The summed E-state index contributed by atoms with van der Waals surface area (Å²) in [6.07, 6.45) is 2.63. The molecule has 1 heterocycles. The van der Waals surface area contributed by atoms with E-state index in [2.05, 4.69) is 41.1 Å². The third-order valence-electron chi connectivity index (χ3n) is 3.63. The monoisotopic (exact) mass is 286 g/mol. The highest BCUT2D eigenvalue weighted by molar-refractivity contribution is 7.16. The first-order valence-electron chi connectivity index (χ1n) is 7.09. The Balaban J connectivity index is 1.85. The predicted molar refractivity (Wildman–Crippen MR) is 82.5 cm³/mol. The Morgan fingerprint density at radius 1 is 1.25 bits per heavy atom. The summed E-state index contributed by atoms with van der Waals surface area (Å²) >= 11 is 1.68. The van der Waals surface area contributed by atoms with Crippen LogP contribution in [0.5, 0.6) is 0 Å². The molecule has 0 amide bonds. The van der Waals surface area contributed by atoms with Gasteiger partial charge in [-0.1, -0.05) is 30.3 Å². The van der Waals surface area contributed by atoms with Gasteiger partial charge in [0.1, 0.15) is 5.69 Å². The Morgan fingerprint density at radius 3 is 2.75 bits per heavy atom. The number of carbonyl (C=O) groups excluding carboxylic acids is 1. The van der Waals surface area contributed by atoms with Crippen molar-refractivity contribution in [3.63, 3.8) is 0 Å². The predicted octanol–water partition coefficient (Wildman–Crippen LogP) is 3.69. The maximum atomic E-state index is 11.9. The topological polar surface area (TPSA) is 33.2 Å². The van der Waals surface area contributed by atoms with E-state index in [1.165, 1.54) is 10.4 Å². The third-order valence-corrected chi connectivity index (χ3v) is 4.80. The van der Waals surface area contributed by atoms with Crippen molar-refractivity contribution in [3.8, 4) is 0 Å². The number of hydrogen-bond acceptors (Lipinski definition) is 4. The van der Waals surface area contributed by atoms with Crippen LogP contribution in [0.3, 0.4) is 0 Å². The summed E-state index contributed by atoms with van der Waals surface area (Å²) in [7, 11) is 0. The molecule has 3 nitrogen and oxygen atoms in total. The minimum Gasteiger partial charge on any atom is -0.344 e. The molecule has 0 fully saturated rings. The van der Waals surface area contributed by atoms with Crippen molar-refractivity contribution in [1.29, 1.82) is 0 Å². The summed E-state index contributed by atoms with van der Waals surface area (Å²) in [5, 5.41) is 0.983. The molecular weight excluding hydrogens is 268 g/mol. The number of nitrogens with zero attached hydrogens (tertiary/aromatic N) is 2. The minimum atomic E-state index is 0.213. The van der Waals surface area contributed by atoms with Crippen molar-refractivity contribution in [1.82, 2.24) is 4.98 Å². The fourth-order valence-corrected chi connectivity index (χ4v) is 3.69. The molecule has 104 valence electrons. The van der Waals surface area contributed by atoms with E-state index < -0.39 is 0 Å². The van der Waals surface area contributed by atoms with Gasteiger partial charge in [-0.05, 0) is 25.3 Å². The molecule has 0 aliphatic heterocycles. The summed E-state index contributed by atoms with van der Waals surface area (Å²) < 4.78 is 0. The van der Waals surface area contributed by atoms with Crippen LogP contribution < -0.4 is 4.90 Å². The first-order chi connectivity index (χ1) is 9.78. The quantitative estimate of drug-likeness (QED) is 0.859. The Morgan fingerprint density at radius 2 is 2.05 bits per heavy atom. The zero-order chi connectivity index (χ0) is 13.9. The Labute approximate surface area is 123 Å². The van der Waals surface area contributed by atoms with E-state index in [0.29, 0.717) is 6.42 Å². The largest absolute Gasteiger partial charge is 0.344 e. The lowest BCUT2D eigenvalue weighted by Crippen LogP contribution is -2.22. The number of anilines is 1. The van der Waals surface area contributed by atoms with Gasteiger partial charge in [-0.25, -0.2) is 4.98 Å². The molecule has 0 saturated carbocycles. The van der Waals surface area contributed by atoms with Gasteiger partial charge >= 0.3 is 0 Å². The van der Waals surface area contributed by atoms with Crippen LogP contribution in [0.25, 0.3) is 0 Å². The molecule has 1 aliphatic rings. The van der Waals surface area contributed by atoms with Crippen molar-refractivity contribution >= 4 is 22.3 Å². The third kappa shape index (κ3) is 2.61. The average molecular weight is 286 g/mol. The second-order valence-electron chi connectivity index (χ2n) is 5.04. The van der Waals surface area contributed by atoms with Gasteiger partial charge in [0.2, 0.25) is 0 Å². The summed E-state index contributed by atoms with van der Waals surface area (Å²) in [4.78, 5) is 19.9. The average Bonchev–Trinajstić information content (AvgIpc) is 2.91. The first-order valence-corrected chi connectivity index (χ1v) is 7.91.